The van der Waals surface area contributed by atoms with E-state index in [1.165, 1.54) is 5.56 Å². The molecule has 2 aromatic rings. The third-order valence-electron chi connectivity index (χ3n) is 2.50. The van der Waals surface area contributed by atoms with Crippen LogP contribution in [0.25, 0.3) is 11.1 Å². The minimum Gasteiger partial charge on any atom is -0.397 e. The lowest BCUT2D eigenvalue weighted by molar-refractivity contribution is 1.47. The predicted molar refractivity (Wildman–Crippen MR) is 65.4 cm³/mol. The number of anilines is 2. The zero-order valence-corrected chi connectivity index (χ0v) is 8.70. The normalized spacial score (nSPS) is 10.2. The summed E-state index contributed by atoms with van der Waals surface area (Å²) in [5.41, 5.74) is 16.3. The highest BCUT2D eigenvalue weighted by Gasteiger charge is 2.03. The summed E-state index contributed by atoms with van der Waals surface area (Å²) in [6.45, 7) is 2.06. The summed E-state index contributed by atoms with van der Waals surface area (Å²) >= 11 is 0. The van der Waals surface area contributed by atoms with Gasteiger partial charge in [0, 0.05) is 5.56 Å². The Balaban J connectivity index is 2.54. The molecule has 0 saturated heterocycles. The van der Waals surface area contributed by atoms with Gasteiger partial charge in [-0.3, -0.25) is 0 Å². The summed E-state index contributed by atoms with van der Waals surface area (Å²) in [5, 5.41) is 0. The highest BCUT2D eigenvalue weighted by atomic mass is 14.7. The first-order valence-corrected chi connectivity index (χ1v) is 4.89. The van der Waals surface area contributed by atoms with Gasteiger partial charge in [0.05, 0.1) is 11.4 Å². The van der Waals surface area contributed by atoms with Crippen molar-refractivity contribution in [1.29, 1.82) is 0 Å². The van der Waals surface area contributed by atoms with Crippen molar-refractivity contribution in [1.82, 2.24) is 0 Å². The lowest BCUT2D eigenvalue weighted by atomic mass is 10.0. The smallest absolute Gasteiger partial charge is 0.0627 e. The van der Waals surface area contributed by atoms with Crippen molar-refractivity contribution in [3.8, 4) is 11.1 Å². The van der Waals surface area contributed by atoms with E-state index in [1.54, 1.807) is 0 Å². The van der Waals surface area contributed by atoms with Gasteiger partial charge in [-0.25, -0.2) is 0 Å². The predicted octanol–water partition coefficient (Wildman–Crippen LogP) is 2.83. The molecule has 15 heavy (non-hydrogen) atoms. The zero-order valence-electron chi connectivity index (χ0n) is 8.70. The van der Waals surface area contributed by atoms with Crippen molar-refractivity contribution in [2.75, 3.05) is 11.5 Å². The van der Waals surface area contributed by atoms with Crippen molar-refractivity contribution in [3.05, 3.63) is 48.0 Å². The molecule has 0 fully saturated rings. The molecule has 76 valence electrons. The van der Waals surface area contributed by atoms with Gasteiger partial charge < -0.3 is 11.5 Å². The van der Waals surface area contributed by atoms with Gasteiger partial charge in [-0.05, 0) is 18.6 Å². The number of nitrogens with two attached hydrogens (primary N) is 2. The summed E-state index contributed by atoms with van der Waals surface area (Å²) in [4.78, 5) is 0. The van der Waals surface area contributed by atoms with E-state index in [2.05, 4.69) is 31.2 Å². The molecule has 0 aliphatic carbocycles. The number of benzene rings is 2. The molecule has 0 amide bonds. The van der Waals surface area contributed by atoms with E-state index in [0.29, 0.717) is 11.4 Å². The molecule has 2 aromatic carbocycles. The van der Waals surface area contributed by atoms with Crippen molar-refractivity contribution in [2.24, 2.45) is 0 Å². The number of hydrogen-bond donors (Lipinski definition) is 2. The highest BCUT2D eigenvalue weighted by Crippen LogP contribution is 2.29. The van der Waals surface area contributed by atoms with Crippen LogP contribution in [-0.4, -0.2) is 0 Å². The third-order valence-corrected chi connectivity index (χ3v) is 2.50. The summed E-state index contributed by atoms with van der Waals surface area (Å²) in [5.74, 6) is 0. The van der Waals surface area contributed by atoms with Gasteiger partial charge in [-0.15, -0.1) is 0 Å². The van der Waals surface area contributed by atoms with Crippen LogP contribution in [0.3, 0.4) is 0 Å². The van der Waals surface area contributed by atoms with Crippen LogP contribution >= 0.6 is 0 Å². The number of para-hydroxylation sites is 1. The Kier molecular flexibility index (Phi) is 2.34. The monoisotopic (exact) mass is 198 g/mol. The second-order valence-corrected chi connectivity index (χ2v) is 3.67. The molecule has 0 radical (unpaired) electrons. The van der Waals surface area contributed by atoms with Crippen LogP contribution in [-0.2, 0) is 0 Å². The van der Waals surface area contributed by atoms with Crippen molar-refractivity contribution in [3.63, 3.8) is 0 Å². The Bertz CT molecular complexity index is 472. The Morgan fingerprint density at radius 1 is 0.867 bits per heavy atom. The van der Waals surface area contributed by atoms with E-state index in [0.717, 1.165) is 11.1 Å². The quantitative estimate of drug-likeness (QED) is 0.692. The minimum absolute atomic E-state index is 0.632. The standard InChI is InChI=1S/C13H14N2/c1-9-5-7-10(8-6-9)11-3-2-4-12(14)13(11)15/h2-8H,14-15H2,1H3. The van der Waals surface area contributed by atoms with Crippen LogP contribution in [0.5, 0.6) is 0 Å². The van der Waals surface area contributed by atoms with Crippen LogP contribution in [0.2, 0.25) is 0 Å². The average Bonchev–Trinajstić information content (AvgIpc) is 2.24. The second kappa shape index (κ2) is 3.65. The van der Waals surface area contributed by atoms with E-state index in [1.807, 2.05) is 18.2 Å². The average molecular weight is 198 g/mol. The highest BCUT2D eigenvalue weighted by molar-refractivity contribution is 5.84. The van der Waals surface area contributed by atoms with Crippen LogP contribution in [0.15, 0.2) is 42.5 Å². The topological polar surface area (TPSA) is 52.0 Å². The maximum Gasteiger partial charge on any atom is 0.0627 e. The van der Waals surface area contributed by atoms with Gasteiger partial charge in [0.2, 0.25) is 0 Å². The molecule has 0 unspecified atom stereocenters. The molecule has 2 rings (SSSR count). The molecule has 0 spiro atoms. The summed E-state index contributed by atoms with van der Waals surface area (Å²) in [6, 6.07) is 14.0. The summed E-state index contributed by atoms with van der Waals surface area (Å²) in [7, 11) is 0. The largest absolute Gasteiger partial charge is 0.397 e. The van der Waals surface area contributed by atoms with Crippen LogP contribution < -0.4 is 11.5 Å². The van der Waals surface area contributed by atoms with E-state index >= 15 is 0 Å². The SMILES string of the molecule is Cc1ccc(-c2cccc(N)c2N)cc1. The Labute approximate surface area is 89.5 Å². The number of aryl methyl sites for hydroxylation is 1. The Morgan fingerprint density at radius 2 is 1.53 bits per heavy atom. The van der Waals surface area contributed by atoms with E-state index < -0.39 is 0 Å². The van der Waals surface area contributed by atoms with E-state index in [4.69, 9.17) is 11.5 Å². The fourth-order valence-electron chi connectivity index (χ4n) is 1.57. The van der Waals surface area contributed by atoms with Crippen molar-refractivity contribution in [2.45, 2.75) is 6.92 Å². The first-order valence-electron chi connectivity index (χ1n) is 4.89. The molecule has 0 aliphatic rings. The number of nitrogen functional groups attached to an aromatic ring is 2. The zero-order chi connectivity index (χ0) is 10.8. The van der Waals surface area contributed by atoms with Gasteiger partial charge in [0.15, 0.2) is 0 Å². The molecule has 0 saturated carbocycles. The maximum absolute atomic E-state index is 5.93. The first kappa shape index (κ1) is 9.59. The lowest BCUT2D eigenvalue weighted by Gasteiger charge is -2.08. The fourth-order valence-corrected chi connectivity index (χ4v) is 1.57. The molecule has 0 heterocycles. The molecular formula is C13H14N2. The van der Waals surface area contributed by atoms with Gasteiger partial charge in [-0.2, -0.15) is 0 Å². The Hall–Kier alpha value is -1.96. The van der Waals surface area contributed by atoms with Crippen molar-refractivity contribution >= 4 is 11.4 Å². The van der Waals surface area contributed by atoms with E-state index in [9.17, 15) is 0 Å². The molecule has 0 aliphatic heterocycles. The summed E-state index contributed by atoms with van der Waals surface area (Å²) < 4.78 is 0. The fraction of sp³-hybridized carbons (Fsp3) is 0.0769. The minimum atomic E-state index is 0.632. The molecule has 4 N–H and O–H groups in total. The summed E-state index contributed by atoms with van der Waals surface area (Å²) in [6.07, 6.45) is 0. The second-order valence-electron chi connectivity index (χ2n) is 3.67. The van der Waals surface area contributed by atoms with Gasteiger partial charge in [-0.1, -0.05) is 42.0 Å². The van der Waals surface area contributed by atoms with Gasteiger partial charge >= 0.3 is 0 Å². The number of rotatable bonds is 1. The third kappa shape index (κ3) is 1.79. The molecular weight excluding hydrogens is 184 g/mol. The van der Waals surface area contributed by atoms with Gasteiger partial charge in [0.25, 0.3) is 0 Å². The molecule has 2 heteroatoms. The van der Waals surface area contributed by atoms with E-state index in [-0.39, 0.29) is 0 Å². The Morgan fingerprint density at radius 3 is 2.20 bits per heavy atom. The molecule has 0 atom stereocenters. The lowest BCUT2D eigenvalue weighted by Crippen LogP contribution is -1.96. The number of hydrogen-bond acceptors (Lipinski definition) is 2. The van der Waals surface area contributed by atoms with Crippen LogP contribution in [0.4, 0.5) is 11.4 Å². The van der Waals surface area contributed by atoms with Crippen LogP contribution in [0.1, 0.15) is 5.56 Å². The van der Waals surface area contributed by atoms with Crippen molar-refractivity contribution < 1.29 is 0 Å². The molecule has 0 bridgehead atoms. The maximum atomic E-state index is 5.93. The van der Waals surface area contributed by atoms with Crippen LogP contribution in [0, 0.1) is 6.92 Å². The molecule has 0 aromatic heterocycles. The first-order chi connectivity index (χ1) is 7.18. The molecule has 2 nitrogen and oxygen atoms in total. The van der Waals surface area contributed by atoms with Gasteiger partial charge in [0.1, 0.15) is 0 Å².